The van der Waals surface area contributed by atoms with Gasteiger partial charge in [0.25, 0.3) is 5.91 Å². The average molecular weight is 429 g/mol. The van der Waals surface area contributed by atoms with E-state index >= 15 is 0 Å². The van der Waals surface area contributed by atoms with Gasteiger partial charge < -0.3 is 4.74 Å². The third-order valence-corrected chi connectivity index (χ3v) is 5.76. The summed E-state index contributed by atoms with van der Waals surface area (Å²) < 4.78 is 6.19. The first-order chi connectivity index (χ1) is 14.0. The Morgan fingerprint density at radius 1 is 1.00 bits per heavy atom. The lowest BCUT2D eigenvalue weighted by Gasteiger charge is -2.14. The number of hydrogen-bond acceptors (Lipinski definition) is 4. The van der Waals surface area contributed by atoms with Crippen LogP contribution in [-0.2, 0) is 17.6 Å². The molecule has 1 aliphatic carbocycles. The summed E-state index contributed by atoms with van der Waals surface area (Å²) in [6, 6.07) is 12.0. The summed E-state index contributed by atoms with van der Waals surface area (Å²) in [6.45, 7) is 0. The van der Waals surface area contributed by atoms with Crippen molar-refractivity contribution in [3.63, 3.8) is 0 Å². The predicted molar refractivity (Wildman–Crippen MR) is 112 cm³/mol. The van der Waals surface area contributed by atoms with E-state index < -0.39 is 5.97 Å². The normalized spacial score (nSPS) is 13.1. The minimum absolute atomic E-state index is 0.249. The van der Waals surface area contributed by atoms with E-state index in [-0.39, 0.29) is 11.5 Å². The van der Waals surface area contributed by atoms with Gasteiger partial charge in [-0.05, 0) is 49.9 Å². The molecule has 29 heavy (non-hydrogen) atoms. The van der Waals surface area contributed by atoms with Crippen LogP contribution < -0.4 is 0 Å². The van der Waals surface area contributed by atoms with Gasteiger partial charge in [-0.25, -0.2) is 4.79 Å². The van der Waals surface area contributed by atoms with Gasteiger partial charge in [0, 0.05) is 11.1 Å². The van der Waals surface area contributed by atoms with Gasteiger partial charge in [0.1, 0.15) is 0 Å². The first-order valence-corrected chi connectivity index (χ1v) is 10.0. The molecule has 3 aromatic rings. The number of benzene rings is 2. The smallest absolute Gasteiger partial charge is 0.337 e. The third kappa shape index (κ3) is 3.56. The summed E-state index contributed by atoms with van der Waals surface area (Å²) in [6.07, 6.45) is 3.62. The molecule has 0 amide bonds. The second kappa shape index (κ2) is 8.01. The lowest BCUT2D eigenvalue weighted by Crippen LogP contribution is -2.19. The van der Waals surface area contributed by atoms with Crippen LogP contribution in [0.25, 0.3) is 11.3 Å². The van der Waals surface area contributed by atoms with Gasteiger partial charge in [0.05, 0.1) is 39.7 Å². The number of carbonyl (C=O) groups is 2. The van der Waals surface area contributed by atoms with E-state index in [1.165, 1.54) is 11.8 Å². The molecule has 0 N–H and O–H groups in total. The van der Waals surface area contributed by atoms with Gasteiger partial charge in [0.2, 0.25) is 0 Å². The molecule has 1 aromatic heterocycles. The number of methoxy groups -OCH3 is 1. The summed E-state index contributed by atoms with van der Waals surface area (Å²) in [5, 5.41) is 5.24. The summed E-state index contributed by atoms with van der Waals surface area (Å²) in [7, 11) is 1.35. The van der Waals surface area contributed by atoms with Crippen molar-refractivity contribution in [2.75, 3.05) is 7.11 Å². The number of ether oxygens (including phenoxy) is 1. The fourth-order valence-corrected chi connectivity index (χ4v) is 4.25. The van der Waals surface area contributed by atoms with Crippen molar-refractivity contribution >= 4 is 35.1 Å². The number of esters is 1. The molecule has 0 saturated heterocycles. The summed E-state index contributed by atoms with van der Waals surface area (Å²) in [5.41, 5.74) is 4.24. The van der Waals surface area contributed by atoms with Gasteiger partial charge in [0.15, 0.2) is 0 Å². The lowest BCUT2D eigenvalue weighted by molar-refractivity contribution is 0.0600. The van der Waals surface area contributed by atoms with E-state index in [0.29, 0.717) is 15.6 Å². The van der Waals surface area contributed by atoms with Crippen LogP contribution in [0, 0.1) is 0 Å². The van der Waals surface area contributed by atoms with Crippen molar-refractivity contribution in [2.45, 2.75) is 25.7 Å². The standard InChI is InChI=1S/C22H18Cl2N2O3/c1-29-22(28)14-11-9-13(10-12-14)20-15-5-2-3-8-18(15)26(25-20)21(27)19-16(23)6-4-7-17(19)24/h4,6-7,9-12H,2-3,5,8H2,1H3. The first-order valence-electron chi connectivity index (χ1n) is 9.29. The fraction of sp³-hybridized carbons (Fsp3) is 0.227. The van der Waals surface area contributed by atoms with Gasteiger partial charge in [-0.3, -0.25) is 4.79 Å². The van der Waals surface area contributed by atoms with Gasteiger partial charge in [-0.1, -0.05) is 41.4 Å². The molecule has 4 rings (SSSR count). The highest BCUT2D eigenvalue weighted by Gasteiger charge is 2.27. The number of carbonyl (C=O) groups excluding carboxylic acids is 2. The monoisotopic (exact) mass is 428 g/mol. The topological polar surface area (TPSA) is 61.2 Å². The Bertz CT molecular complexity index is 1080. The predicted octanol–water partition coefficient (Wildman–Crippen LogP) is 5.21. The molecule has 1 aliphatic rings. The maximum atomic E-state index is 13.3. The zero-order valence-corrected chi connectivity index (χ0v) is 17.3. The lowest BCUT2D eigenvalue weighted by atomic mass is 9.93. The quantitative estimate of drug-likeness (QED) is 0.537. The highest BCUT2D eigenvalue weighted by atomic mass is 35.5. The largest absolute Gasteiger partial charge is 0.465 e. The Morgan fingerprint density at radius 2 is 1.66 bits per heavy atom. The Hall–Kier alpha value is -2.63. The molecule has 0 unspecified atom stereocenters. The molecule has 0 radical (unpaired) electrons. The number of fused-ring (bicyclic) bond motifs is 1. The van der Waals surface area contributed by atoms with Crippen molar-refractivity contribution in [3.05, 3.63) is 74.9 Å². The summed E-state index contributed by atoms with van der Waals surface area (Å²) in [4.78, 5) is 25.0. The molecule has 2 aromatic carbocycles. The number of halogens is 2. The van der Waals surface area contributed by atoms with Gasteiger partial charge in [-0.15, -0.1) is 0 Å². The number of hydrogen-bond donors (Lipinski definition) is 0. The second-order valence-corrected chi connectivity index (χ2v) is 7.68. The number of aromatic nitrogens is 2. The SMILES string of the molecule is COC(=O)c1ccc(-c2nn(C(=O)c3c(Cl)cccc3Cl)c3c2CCCC3)cc1. The molecule has 0 bridgehead atoms. The Labute approximate surface area is 178 Å². The van der Waals surface area contributed by atoms with E-state index in [0.717, 1.165) is 48.2 Å². The molecule has 0 saturated carbocycles. The molecule has 1 heterocycles. The number of nitrogens with zero attached hydrogens (tertiary/aromatic N) is 2. The van der Waals surface area contributed by atoms with Crippen molar-refractivity contribution < 1.29 is 14.3 Å². The van der Waals surface area contributed by atoms with Crippen LogP contribution in [0.4, 0.5) is 0 Å². The minimum atomic E-state index is -0.396. The van der Waals surface area contributed by atoms with E-state index in [1.54, 1.807) is 30.3 Å². The highest BCUT2D eigenvalue weighted by Crippen LogP contribution is 2.33. The summed E-state index contributed by atoms with van der Waals surface area (Å²) in [5.74, 6) is -0.733. The van der Waals surface area contributed by atoms with E-state index in [2.05, 4.69) is 5.10 Å². The Balaban J connectivity index is 1.81. The van der Waals surface area contributed by atoms with Crippen LogP contribution in [0.2, 0.25) is 10.0 Å². The number of rotatable bonds is 3. The fourth-order valence-electron chi connectivity index (χ4n) is 3.69. The molecule has 0 spiro atoms. The van der Waals surface area contributed by atoms with Crippen LogP contribution in [0.15, 0.2) is 42.5 Å². The molecule has 7 heteroatoms. The molecule has 148 valence electrons. The third-order valence-electron chi connectivity index (χ3n) is 5.13. The molecule has 0 atom stereocenters. The van der Waals surface area contributed by atoms with E-state index in [4.69, 9.17) is 27.9 Å². The van der Waals surface area contributed by atoms with Crippen molar-refractivity contribution in [1.29, 1.82) is 0 Å². The molecule has 0 fully saturated rings. The Morgan fingerprint density at radius 3 is 2.31 bits per heavy atom. The average Bonchev–Trinajstić information content (AvgIpc) is 3.13. The maximum Gasteiger partial charge on any atom is 0.337 e. The molecule has 5 nitrogen and oxygen atoms in total. The zero-order valence-electron chi connectivity index (χ0n) is 15.7. The van der Waals surface area contributed by atoms with Gasteiger partial charge >= 0.3 is 5.97 Å². The van der Waals surface area contributed by atoms with Crippen LogP contribution in [0.3, 0.4) is 0 Å². The first kappa shape index (κ1) is 19.7. The maximum absolute atomic E-state index is 13.3. The van der Waals surface area contributed by atoms with Crippen molar-refractivity contribution in [3.8, 4) is 11.3 Å². The van der Waals surface area contributed by atoms with Crippen molar-refractivity contribution in [1.82, 2.24) is 9.78 Å². The highest BCUT2D eigenvalue weighted by molar-refractivity contribution is 6.39. The molecule has 0 aliphatic heterocycles. The second-order valence-electron chi connectivity index (χ2n) is 6.86. The van der Waals surface area contributed by atoms with Crippen molar-refractivity contribution in [2.24, 2.45) is 0 Å². The van der Waals surface area contributed by atoms with Gasteiger partial charge in [-0.2, -0.15) is 9.78 Å². The van der Waals surface area contributed by atoms with Crippen LogP contribution in [0.1, 0.15) is 44.8 Å². The Kier molecular flexibility index (Phi) is 5.43. The summed E-state index contributed by atoms with van der Waals surface area (Å²) >= 11 is 12.5. The van der Waals surface area contributed by atoms with E-state index in [1.807, 2.05) is 12.1 Å². The van der Waals surface area contributed by atoms with Crippen LogP contribution in [0.5, 0.6) is 0 Å². The van der Waals surface area contributed by atoms with E-state index in [9.17, 15) is 9.59 Å². The zero-order chi connectivity index (χ0) is 20.5. The minimum Gasteiger partial charge on any atom is -0.465 e. The molecular formula is C22H18Cl2N2O3. The molecular weight excluding hydrogens is 411 g/mol. The van der Waals surface area contributed by atoms with Crippen LogP contribution >= 0.6 is 23.2 Å². The van der Waals surface area contributed by atoms with Crippen LogP contribution in [-0.4, -0.2) is 28.8 Å².